The van der Waals surface area contributed by atoms with Crippen molar-refractivity contribution in [2.24, 2.45) is 5.73 Å². The molecule has 6 heteroatoms. The summed E-state index contributed by atoms with van der Waals surface area (Å²) in [6, 6.07) is 0. The Balaban J connectivity index is 2.09. The minimum Gasteiger partial charge on any atom is -0.339 e. The van der Waals surface area contributed by atoms with E-state index >= 15 is 0 Å². The largest absolute Gasteiger partial charge is 0.339 e. The highest BCUT2D eigenvalue weighted by atomic mass is 19.3. The summed E-state index contributed by atoms with van der Waals surface area (Å²) in [5.41, 5.74) is 5.28. The molecule has 1 fully saturated rings. The quantitative estimate of drug-likeness (QED) is 0.789. The van der Waals surface area contributed by atoms with Crippen molar-refractivity contribution in [1.82, 2.24) is 10.1 Å². The van der Waals surface area contributed by atoms with E-state index in [4.69, 9.17) is 10.3 Å². The Morgan fingerprint density at radius 3 is 2.86 bits per heavy atom. The summed E-state index contributed by atoms with van der Waals surface area (Å²) in [4.78, 5) is 3.94. The zero-order valence-corrected chi connectivity index (χ0v) is 7.54. The highest BCUT2D eigenvalue weighted by Crippen LogP contribution is 2.43. The fourth-order valence-electron chi connectivity index (χ4n) is 1.68. The minimum absolute atomic E-state index is 0.0992. The Labute approximate surface area is 79.5 Å². The van der Waals surface area contributed by atoms with E-state index in [2.05, 4.69) is 10.1 Å². The van der Waals surface area contributed by atoms with Gasteiger partial charge in [0.1, 0.15) is 0 Å². The lowest BCUT2D eigenvalue weighted by atomic mass is 10.1. The number of alkyl halides is 2. The predicted molar refractivity (Wildman–Crippen MR) is 43.7 cm³/mol. The van der Waals surface area contributed by atoms with Gasteiger partial charge in [-0.25, -0.2) is 8.78 Å². The molecule has 2 rings (SSSR count). The Morgan fingerprint density at radius 2 is 2.36 bits per heavy atom. The summed E-state index contributed by atoms with van der Waals surface area (Å²) in [5.74, 6) is -2.22. The summed E-state index contributed by atoms with van der Waals surface area (Å²) in [5, 5.41) is 3.57. The first-order valence-corrected chi connectivity index (χ1v) is 4.51. The molecule has 78 valence electrons. The Bertz CT molecular complexity index is 326. The van der Waals surface area contributed by atoms with Crippen LogP contribution in [0, 0.1) is 0 Å². The zero-order valence-electron chi connectivity index (χ0n) is 7.54. The maximum atomic E-state index is 12.9. The molecule has 1 unspecified atom stereocenters. The number of aromatic nitrogens is 2. The first kappa shape index (κ1) is 9.51. The van der Waals surface area contributed by atoms with E-state index in [0.717, 1.165) is 0 Å². The molecule has 1 aromatic rings. The standard InChI is InChI=1S/C8H11F2N3O/c9-8(10)2-1-5(3-8)7-12-6(4-11)13-14-7/h5H,1-4,11H2. The van der Waals surface area contributed by atoms with Crippen molar-refractivity contribution in [3.05, 3.63) is 11.7 Å². The molecule has 0 amide bonds. The van der Waals surface area contributed by atoms with Gasteiger partial charge in [-0.2, -0.15) is 4.98 Å². The van der Waals surface area contributed by atoms with E-state index in [0.29, 0.717) is 18.1 Å². The molecule has 0 bridgehead atoms. The smallest absolute Gasteiger partial charge is 0.248 e. The highest BCUT2D eigenvalue weighted by molar-refractivity contribution is 5.00. The van der Waals surface area contributed by atoms with Crippen molar-refractivity contribution in [1.29, 1.82) is 0 Å². The van der Waals surface area contributed by atoms with E-state index in [1.807, 2.05) is 0 Å². The Kier molecular flexibility index (Phi) is 2.22. The van der Waals surface area contributed by atoms with Gasteiger partial charge in [-0.05, 0) is 6.42 Å². The Hall–Kier alpha value is -1.04. The number of nitrogens with zero attached hydrogens (tertiary/aromatic N) is 2. The molecule has 1 aliphatic carbocycles. The van der Waals surface area contributed by atoms with Crippen LogP contribution in [0.15, 0.2) is 4.52 Å². The fraction of sp³-hybridized carbons (Fsp3) is 0.750. The van der Waals surface area contributed by atoms with Crippen LogP contribution in [-0.2, 0) is 6.54 Å². The van der Waals surface area contributed by atoms with Crippen LogP contribution in [0.2, 0.25) is 0 Å². The lowest BCUT2D eigenvalue weighted by molar-refractivity contribution is 0.00690. The summed E-state index contributed by atoms with van der Waals surface area (Å²) in [6.45, 7) is 0.173. The third-order valence-corrected chi connectivity index (χ3v) is 2.42. The molecule has 2 N–H and O–H groups in total. The van der Waals surface area contributed by atoms with Gasteiger partial charge in [-0.3, -0.25) is 0 Å². The maximum absolute atomic E-state index is 12.9. The van der Waals surface area contributed by atoms with Gasteiger partial charge >= 0.3 is 0 Å². The number of hydrogen-bond donors (Lipinski definition) is 1. The van der Waals surface area contributed by atoms with Gasteiger partial charge in [0.05, 0.1) is 6.54 Å². The first-order chi connectivity index (χ1) is 6.61. The molecule has 1 heterocycles. The van der Waals surface area contributed by atoms with Crippen LogP contribution in [0.1, 0.15) is 36.9 Å². The van der Waals surface area contributed by atoms with Crippen molar-refractivity contribution < 1.29 is 13.3 Å². The first-order valence-electron chi connectivity index (χ1n) is 4.51. The monoisotopic (exact) mass is 203 g/mol. The normalized spacial score (nSPS) is 25.5. The average Bonchev–Trinajstić information content (AvgIpc) is 2.70. The third kappa shape index (κ3) is 1.75. The molecular formula is C8H11F2N3O. The van der Waals surface area contributed by atoms with Gasteiger partial charge in [0, 0.05) is 18.8 Å². The van der Waals surface area contributed by atoms with E-state index in [1.165, 1.54) is 0 Å². The summed E-state index contributed by atoms with van der Waals surface area (Å²) in [6.07, 6.45) is 0.108. The summed E-state index contributed by atoms with van der Waals surface area (Å²) < 4.78 is 30.6. The molecule has 0 saturated heterocycles. The van der Waals surface area contributed by atoms with Crippen molar-refractivity contribution in [2.75, 3.05) is 0 Å². The minimum atomic E-state index is -2.58. The number of nitrogens with two attached hydrogens (primary N) is 1. The van der Waals surface area contributed by atoms with Gasteiger partial charge in [0.15, 0.2) is 5.82 Å². The van der Waals surface area contributed by atoms with Gasteiger partial charge in [-0.1, -0.05) is 5.16 Å². The lowest BCUT2D eigenvalue weighted by Gasteiger charge is -2.05. The number of halogens is 2. The molecule has 1 aliphatic rings. The van der Waals surface area contributed by atoms with Crippen LogP contribution in [-0.4, -0.2) is 16.1 Å². The molecule has 1 atom stereocenters. The Morgan fingerprint density at radius 1 is 1.57 bits per heavy atom. The highest BCUT2D eigenvalue weighted by Gasteiger charge is 2.42. The van der Waals surface area contributed by atoms with E-state index < -0.39 is 5.92 Å². The number of rotatable bonds is 2. The second-order valence-electron chi connectivity index (χ2n) is 3.55. The molecular weight excluding hydrogens is 192 g/mol. The second kappa shape index (κ2) is 3.27. The summed E-state index contributed by atoms with van der Waals surface area (Å²) >= 11 is 0. The second-order valence-corrected chi connectivity index (χ2v) is 3.55. The molecule has 4 nitrogen and oxygen atoms in total. The van der Waals surface area contributed by atoms with Crippen LogP contribution >= 0.6 is 0 Å². The third-order valence-electron chi connectivity index (χ3n) is 2.42. The lowest BCUT2D eigenvalue weighted by Crippen LogP contribution is -2.09. The topological polar surface area (TPSA) is 64.9 Å². The van der Waals surface area contributed by atoms with E-state index in [1.54, 1.807) is 0 Å². The van der Waals surface area contributed by atoms with Crippen molar-refractivity contribution in [3.8, 4) is 0 Å². The molecule has 0 radical (unpaired) electrons. The van der Waals surface area contributed by atoms with Gasteiger partial charge < -0.3 is 10.3 Å². The molecule has 0 spiro atoms. The van der Waals surface area contributed by atoms with Gasteiger partial charge in [0.2, 0.25) is 11.8 Å². The summed E-state index contributed by atoms with van der Waals surface area (Å²) in [7, 11) is 0. The van der Waals surface area contributed by atoms with E-state index in [-0.39, 0.29) is 25.3 Å². The van der Waals surface area contributed by atoms with Crippen LogP contribution in [0.4, 0.5) is 8.78 Å². The number of hydrogen-bond acceptors (Lipinski definition) is 4. The SMILES string of the molecule is NCc1noc(C2CCC(F)(F)C2)n1. The van der Waals surface area contributed by atoms with Gasteiger partial charge in [-0.15, -0.1) is 0 Å². The van der Waals surface area contributed by atoms with Crippen LogP contribution in [0.25, 0.3) is 0 Å². The van der Waals surface area contributed by atoms with Crippen molar-refractivity contribution >= 4 is 0 Å². The maximum Gasteiger partial charge on any atom is 0.248 e. The molecule has 0 aliphatic heterocycles. The molecule has 0 aromatic carbocycles. The van der Waals surface area contributed by atoms with Crippen LogP contribution in [0.3, 0.4) is 0 Å². The van der Waals surface area contributed by atoms with E-state index in [9.17, 15) is 8.78 Å². The average molecular weight is 203 g/mol. The zero-order chi connectivity index (χ0) is 10.2. The van der Waals surface area contributed by atoms with Gasteiger partial charge in [0.25, 0.3) is 0 Å². The molecule has 1 aromatic heterocycles. The fourth-order valence-corrected chi connectivity index (χ4v) is 1.68. The van der Waals surface area contributed by atoms with Crippen LogP contribution in [0.5, 0.6) is 0 Å². The van der Waals surface area contributed by atoms with Crippen molar-refractivity contribution in [2.45, 2.75) is 37.6 Å². The van der Waals surface area contributed by atoms with Crippen LogP contribution < -0.4 is 5.73 Å². The molecule has 14 heavy (non-hydrogen) atoms. The predicted octanol–water partition coefficient (Wildman–Crippen LogP) is 1.43. The molecule has 1 saturated carbocycles. The van der Waals surface area contributed by atoms with Crippen molar-refractivity contribution in [3.63, 3.8) is 0 Å².